The molecule has 7 heteroatoms. The maximum absolute atomic E-state index is 13.2. The summed E-state index contributed by atoms with van der Waals surface area (Å²) in [5.74, 6) is -1.55. The van der Waals surface area contributed by atoms with E-state index in [1.54, 1.807) is 6.07 Å². The summed E-state index contributed by atoms with van der Waals surface area (Å²) < 4.78 is 44.1. The van der Waals surface area contributed by atoms with E-state index in [1.807, 2.05) is 4.72 Å². The van der Waals surface area contributed by atoms with E-state index in [9.17, 15) is 17.6 Å². The van der Waals surface area contributed by atoms with Crippen molar-refractivity contribution in [1.29, 1.82) is 0 Å². The summed E-state index contributed by atoms with van der Waals surface area (Å²) in [4.78, 5) is 12.0. The molecule has 0 atom stereocenters. The van der Waals surface area contributed by atoms with Crippen molar-refractivity contribution in [3.05, 3.63) is 59.9 Å². The zero-order valence-electron chi connectivity index (χ0n) is 11.0. The van der Waals surface area contributed by atoms with Crippen molar-refractivity contribution < 1.29 is 22.3 Å². The molecule has 0 heterocycles. The molecule has 0 radical (unpaired) electrons. The van der Waals surface area contributed by atoms with Gasteiger partial charge in [0, 0.05) is 0 Å². The molecule has 0 saturated carbocycles. The molecule has 0 aliphatic rings. The van der Waals surface area contributed by atoms with Crippen molar-refractivity contribution in [3.63, 3.8) is 0 Å². The van der Waals surface area contributed by atoms with Crippen molar-refractivity contribution in [2.24, 2.45) is 0 Å². The van der Waals surface area contributed by atoms with Gasteiger partial charge in [0.15, 0.2) is 0 Å². The van der Waals surface area contributed by atoms with Crippen LogP contribution < -0.4 is 9.46 Å². The van der Waals surface area contributed by atoms with Gasteiger partial charge >= 0.3 is 0 Å². The second-order valence-corrected chi connectivity index (χ2v) is 5.77. The number of hydrogen-bond acceptors (Lipinski definition) is 4. The molecule has 1 N–H and O–H groups in total. The predicted molar refractivity (Wildman–Crippen MR) is 74.0 cm³/mol. The normalized spacial score (nSPS) is 11.0. The monoisotopic (exact) mass is 309 g/mol. The van der Waals surface area contributed by atoms with Crippen molar-refractivity contribution in [2.45, 2.75) is 4.90 Å². The Bertz CT molecular complexity index is 760. The molecule has 2 aromatic carbocycles. The summed E-state index contributed by atoms with van der Waals surface area (Å²) in [6.07, 6.45) is 0. The Kier molecular flexibility index (Phi) is 4.23. The molecule has 110 valence electrons. The average molecular weight is 309 g/mol. The minimum Gasteiger partial charge on any atom is -0.496 e. The van der Waals surface area contributed by atoms with Crippen LogP contribution in [0.5, 0.6) is 5.75 Å². The lowest BCUT2D eigenvalue weighted by molar-refractivity contribution is 0.0978. The topological polar surface area (TPSA) is 72.5 Å². The van der Waals surface area contributed by atoms with Crippen LogP contribution >= 0.6 is 0 Å². The zero-order chi connectivity index (χ0) is 15.5. The number of hydrogen-bond donors (Lipinski definition) is 1. The Balaban J connectivity index is 2.32. The second-order valence-electron chi connectivity index (χ2n) is 4.09. The van der Waals surface area contributed by atoms with Crippen LogP contribution in [0.3, 0.4) is 0 Å². The van der Waals surface area contributed by atoms with E-state index < -0.39 is 21.7 Å². The fourth-order valence-corrected chi connectivity index (χ4v) is 2.68. The molecular formula is C14H12FNO4S. The first-order valence-electron chi connectivity index (χ1n) is 5.90. The van der Waals surface area contributed by atoms with Gasteiger partial charge in [0.05, 0.1) is 17.6 Å². The maximum atomic E-state index is 13.2. The first-order valence-corrected chi connectivity index (χ1v) is 7.38. The summed E-state index contributed by atoms with van der Waals surface area (Å²) in [6, 6.07) is 10.7. The lowest BCUT2D eigenvalue weighted by Crippen LogP contribution is -2.30. The first-order chi connectivity index (χ1) is 9.94. The largest absolute Gasteiger partial charge is 0.496 e. The minimum absolute atomic E-state index is 0.0614. The van der Waals surface area contributed by atoms with Crippen molar-refractivity contribution in [2.75, 3.05) is 7.11 Å². The molecule has 0 spiro atoms. The highest BCUT2D eigenvalue weighted by Crippen LogP contribution is 2.20. The van der Waals surface area contributed by atoms with Gasteiger partial charge < -0.3 is 4.74 Å². The van der Waals surface area contributed by atoms with E-state index in [2.05, 4.69) is 0 Å². The SMILES string of the molecule is COc1ccc(F)cc1C(=O)NS(=O)(=O)c1ccccc1. The molecule has 1 amide bonds. The third kappa shape index (κ3) is 3.38. The Labute approximate surface area is 121 Å². The molecule has 2 rings (SSSR count). The molecule has 21 heavy (non-hydrogen) atoms. The Morgan fingerprint density at radius 2 is 1.81 bits per heavy atom. The Morgan fingerprint density at radius 1 is 1.14 bits per heavy atom. The summed E-state index contributed by atoms with van der Waals surface area (Å²) in [5, 5.41) is 0. The van der Waals surface area contributed by atoms with E-state index in [-0.39, 0.29) is 16.2 Å². The zero-order valence-corrected chi connectivity index (χ0v) is 11.9. The van der Waals surface area contributed by atoms with Gasteiger partial charge in [0.2, 0.25) is 0 Å². The third-order valence-electron chi connectivity index (χ3n) is 2.69. The quantitative estimate of drug-likeness (QED) is 0.937. The average Bonchev–Trinajstić information content (AvgIpc) is 2.47. The standard InChI is InChI=1S/C14H12FNO4S/c1-20-13-8-7-10(15)9-12(13)14(17)16-21(18,19)11-5-3-2-4-6-11/h2-9H,1H3,(H,16,17). The molecular weight excluding hydrogens is 297 g/mol. The van der Waals surface area contributed by atoms with E-state index in [1.165, 1.54) is 37.4 Å². The molecule has 0 bridgehead atoms. The highest BCUT2D eigenvalue weighted by Gasteiger charge is 2.21. The molecule has 0 fully saturated rings. The molecule has 0 unspecified atom stereocenters. The number of nitrogens with one attached hydrogen (secondary N) is 1. The van der Waals surface area contributed by atoms with Gasteiger partial charge in [-0.05, 0) is 30.3 Å². The lowest BCUT2D eigenvalue weighted by atomic mass is 10.2. The van der Waals surface area contributed by atoms with Crippen LogP contribution in [-0.2, 0) is 10.0 Å². The molecule has 0 aromatic heterocycles. The lowest BCUT2D eigenvalue weighted by Gasteiger charge is -2.10. The van der Waals surface area contributed by atoms with Gasteiger partial charge in [-0.15, -0.1) is 0 Å². The van der Waals surface area contributed by atoms with Gasteiger partial charge in [-0.1, -0.05) is 18.2 Å². The fourth-order valence-electron chi connectivity index (χ4n) is 1.69. The second kappa shape index (κ2) is 5.92. The van der Waals surface area contributed by atoms with Crippen LogP contribution in [0.25, 0.3) is 0 Å². The van der Waals surface area contributed by atoms with Gasteiger partial charge in [-0.25, -0.2) is 17.5 Å². The van der Waals surface area contributed by atoms with E-state index >= 15 is 0 Å². The van der Waals surface area contributed by atoms with Crippen LogP contribution in [0.4, 0.5) is 4.39 Å². The number of halogens is 1. The fraction of sp³-hybridized carbons (Fsp3) is 0.0714. The molecule has 2 aromatic rings. The number of methoxy groups -OCH3 is 1. The highest BCUT2D eigenvalue weighted by atomic mass is 32.2. The van der Waals surface area contributed by atoms with Crippen molar-refractivity contribution >= 4 is 15.9 Å². The van der Waals surface area contributed by atoms with Crippen LogP contribution in [0, 0.1) is 5.82 Å². The van der Waals surface area contributed by atoms with E-state index in [0.717, 1.165) is 12.1 Å². The Hall–Kier alpha value is -2.41. The van der Waals surface area contributed by atoms with Crippen LogP contribution in [0.1, 0.15) is 10.4 Å². The van der Waals surface area contributed by atoms with E-state index in [0.29, 0.717) is 0 Å². The van der Waals surface area contributed by atoms with Gasteiger partial charge in [0.25, 0.3) is 15.9 Å². The molecule has 0 aliphatic heterocycles. The number of rotatable bonds is 4. The van der Waals surface area contributed by atoms with Crippen molar-refractivity contribution in [1.82, 2.24) is 4.72 Å². The summed E-state index contributed by atoms with van der Waals surface area (Å²) in [5.41, 5.74) is -0.197. The number of ether oxygens (including phenoxy) is 1. The van der Waals surface area contributed by atoms with Crippen LogP contribution in [-0.4, -0.2) is 21.4 Å². The van der Waals surface area contributed by atoms with Gasteiger partial charge in [0.1, 0.15) is 11.6 Å². The Morgan fingerprint density at radius 3 is 2.43 bits per heavy atom. The number of sulfonamides is 1. The molecule has 0 aliphatic carbocycles. The molecule has 5 nitrogen and oxygen atoms in total. The van der Waals surface area contributed by atoms with E-state index in [4.69, 9.17) is 4.74 Å². The van der Waals surface area contributed by atoms with Gasteiger partial charge in [-0.2, -0.15) is 0 Å². The molecule has 0 saturated heterocycles. The van der Waals surface area contributed by atoms with Crippen molar-refractivity contribution in [3.8, 4) is 5.75 Å². The third-order valence-corrected chi connectivity index (χ3v) is 4.03. The minimum atomic E-state index is -4.02. The first kappa shape index (κ1) is 15.0. The maximum Gasteiger partial charge on any atom is 0.268 e. The smallest absolute Gasteiger partial charge is 0.268 e. The van der Waals surface area contributed by atoms with Crippen LogP contribution in [0.15, 0.2) is 53.4 Å². The summed E-state index contributed by atoms with van der Waals surface area (Å²) in [6.45, 7) is 0. The number of carbonyl (C=O) groups is 1. The van der Waals surface area contributed by atoms with Crippen LogP contribution in [0.2, 0.25) is 0 Å². The predicted octanol–water partition coefficient (Wildman–Crippen LogP) is 1.95. The van der Waals surface area contributed by atoms with Gasteiger partial charge in [-0.3, -0.25) is 4.79 Å². The summed E-state index contributed by atoms with van der Waals surface area (Å²) in [7, 11) is -2.72. The number of amides is 1. The number of benzene rings is 2. The summed E-state index contributed by atoms with van der Waals surface area (Å²) >= 11 is 0. The number of carbonyl (C=O) groups excluding carboxylic acids is 1. The highest BCUT2D eigenvalue weighted by molar-refractivity contribution is 7.90.